The number of nitrogens with zero attached hydrogens (tertiary/aromatic N) is 2. The Kier molecular flexibility index (Phi) is 9.14. The lowest BCUT2D eigenvalue weighted by atomic mass is 10.2. The molecule has 0 fully saturated rings. The first-order chi connectivity index (χ1) is 10.3. The molecule has 5 nitrogen and oxygen atoms in total. The smallest absolute Gasteiger partial charge is 0.236 e. The van der Waals surface area contributed by atoms with Crippen molar-refractivity contribution >= 4 is 41.3 Å². The molecule has 0 aliphatic heterocycles. The predicted octanol–water partition coefficient (Wildman–Crippen LogP) is 3.88. The van der Waals surface area contributed by atoms with Crippen LogP contribution in [-0.2, 0) is 6.54 Å². The van der Waals surface area contributed by atoms with E-state index < -0.39 is 0 Å². The minimum atomic E-state index is 0. The van der Waals surface area contributed by atoms with Crippen LogP contribution < -0.4 is 10.6 Å². The van der Waals surface area contributed by atoms with Crippen LogP contribution in [0, 0.1) is 0 Å². The highest BCUT2D eigenvalue weighted by atomic mass is 127. The predicted molar refractivity (Wildman–Crippen MR) is 103 cm³/mol. The third-order valence-electron chi connectivity index (χ3n) is 3.02. The van der Waals surface area contributed by atoms with Gasteiger partial charge in [0.25, 0.3) is 0 Å². The number of rotatable bonds is 7. The molecule has 0 radical (unpaired) electrons. The number of nitrogens with one attached hydrogen (secondary N) is 2. The van der Waals surface area contributed by atoms with Gasteiger partial charge in [-0.3, -0.25) is 4.99 Å². The number of oxazole rings is 1. The average Bonchev–Trinajstić information content (AvgIpc) is 3.17. The van der Waals surface area contributed by atoms with Crippen LogP contribution in [0.5, 0.6) is 0 Å². The molecule has 0 amide bonds. The molecule has 2 rings (SSSR count). The summed E-state index contributed by atoms with van der Waals surface area (Å²) >= 11 is 1.62. The van der Waals surface area contributed by atoms with E-state index in [1.807, 2.05) is 17.5 Å². The normalized spacial score (nSPS) is 11.1. The summed E-state index contributed by atoms with van der Waals surface area (Å²) in [5.41, 5.74) is 0.870. The van der Waals surface area contributed by atoms with Gasteiger partial charge in [0.1, 0.15) is 6.26 Å². The van der Waals surface area contributed by atoms with Gasteiger partial charge >= 0.3 is 0 Å². The third kappa shape index (κ3) is 5.96. The van der Waals surface area contributed by atoms with Crippen molar-refractivity contribution in [3.63, 3.8) is 0 Å². The van der Waals surface area contributed by atoms with Crippen molar-refractivity contribution in [3.05, 3.63) is 29.5 Å². The molecule has 2 aromatic rings. The van der Waals surface area contributed by atoms with Gasteiger partial charge < -0.3 is 15.1 Å². The zero-order chi connectivity index (χ0) is 14.9. The number of unbranched alkanes of at least 4 members (excludes halogenated alkanes) is 2. The lowest BCUT2D eigenvalue weighted by molar-refractivity contribution is 0.573. The van der Waals surface area contributed by atoms with E-state index in [2.05, 4.69) is 27.5 Å². The molecule has 0 bridgehead atoms. The summed E-state index contributed by atoms with van der Waals surface area (Å²) in [5, 5.41) is 8.55. The van der Waals surface area contributed by atoms with E-state index in [1.54, 1.807) is 24.6 Å². The minimum Gasteiger partial charge on any atom is -0.443 e. The van der Waals surface area contributed by atoms with Crippen molar-refractivity contribution in [1.82, 2.24) is 15.6 Å². The topological polar surface area (TPSA) is 62.5 Å². The molecular weight excluding hydrogens is 411 g/mol. The van der Waals surface area contributed by atoms with Crippen molar-refractivity contribution < 1.29 is 4.42 Å². The zero-order valence-electron chi connectivity index (χ0n) is 13.0. The van der Waals surface area contributed by atoms with Crippen LogP contribution in [0.1, 0.15) is 31.9 Å². The van der Waals surface area contributed by atoms with Crippen LogP contribution in [-0.4, -0.2) is 24.5 Å². The van der Waals surface area contributed by atoms with Gasteiger partial charge in [-0.05, 0) is 17.9 Å². The summed E-state index contributed by atoms with van der Waals surface area (Å²) in [5.74, 6) is 1.47. The SMILES string of the molecule is CCCCCNC(=NC)NCc1coc(-c2cccs2)n1.I. The molecule has 7 heteroatoms. The second-order valence-corrected chi connectivity index (χ2v) is 5.63. The summed E-state index contributed by atoms with van der Waals surface area (Å²) < 4.78 is 5.49. The quantitative estimate of drug-likeness (QED) is 0.301. The van der Waals surface area contributed by atoms with Crippen molar-refractivity contribution in [2.45, 2.75) is 32.7 Å². The Bertz CT molecular complexity index is 554. The van der Waals surface area contributed by atoms with Crippen LogP contribution in [0.3, 0.4) is 0 Å². The Morgan fingerprint density at radius 1 is 1.36 bits per heavy atom. The van der Waals surface area contributed by atoms with Gasteiger partial charge in [-0.1, -0.05) is 25.8 Å². The highest BCUT2D eigenvalue weighted by Gasteiger charge is 2.07. The van der Waals surface area contributed by atoms with E-state index >= 15 is 0 Å². The van der Waals surface area contributed by atoms with E-state index in [0.717, 1.165) is 29.5 Å². The molecule has 2 aromatic heterocycles. The van der Waals surface area contributed by atoms with Crippen molar-refractivity contribution in [2.24, 2.45) is 4.99 Å². The van der Waals surface area contributed by atoms with Gasteiger partial charge in [-0.25, -0.2) is 4.98 Å². The van der Waals surface area contributed by atoms with E-state index in [-0.39, 0.29) is 24.0 Å². The molecular formula is C15H23IN4OS. The molecule has 0 aliphatic rings. The Morgan fingerprint density at radius 3 is 2.91 bits per heavy atom. The fourth-order valence-corrected chi connectivity index (χ4v) is 2.53. The van der Waals surface area contributed by atoms with Crippen LogP contribution in [0.15, 0.2) is 33.2 Å². The standard InChI is InChI=1S/C15H22N4OS.HI/c1-3-4-5-8-17-15(16-2)18-10-12-11-20-14(19-12)13-7-6-9-21-13;/h6-7,9,11H,3-5,8,10H2,1-2H3,(H2,16,17,18);1H. The van der Waals surface area contributed by atoms with E-state index in [4.69, 9.17) is 4.42 Å². The van der Waals surface area contributed by atoms with Gasteiger partial charge in [0.2, 0.25) is 5.89 Å². The fraction of sp³-hybridized carbons (Fsp3) is 0.467. The van der Waals surface area contributed by atoms with Gasteiger partial charge in [-0.15, -0.1) is 35.3 Å². The summed E-state index contributed by atoms with van der Waals surface area (Å²) in [7, 11) is 1.77. The Hall–Kier alpha value is -1.09. The van der Waals surface area contributed by atoms with Gasteiger partial charge in [0.05, 0.1) is 17.1 Å². The van der Waals surface area contributed by atoms with Gasteiger partial charge in [0.15, 0.2) is 5.96 Å². The van der Waals surface area contributed by atoms with Crippen molar-refractivity contribution in [2.75, 3.05) is 13.6 Å². The number of aliphatic imine (C=N–C) groups is 1. The first kappa shape index (κ1) is 19.0. The molecule has 2 N–H and O–H groups in total. The average molecular weight is 434 g/mol. The minimum absolute atomic E-state index is 0. The van der Waals surface area contributed by atoms with Gasteiger partial charge in [0, 0.05) is 13.6 Å². The van der Waals surface area contributed by atoms with Gasteiger partial charge in [-0.2, -0.15) is 0 Å². The molecule has 0 aliphatic carbocycles. The Labute approximate surface area is 152 Å². The molecule has 2 heterocycles. The molecule has 122 valence electrons. The number of hydrogen-bond acceptors (Lipinski definition) is 4. The Morgan fingerprint density at radius 2 is 2.23 bits per heavy atom. The second-order valence-electron chi connectivity index (χ2n) is 4.68. The van der Waals surface area contributed by atoms with Crippen LogP contribution >= 0.6 is 35.3 Å². The first-order valence-corrected chi connectivity index (χ1v) is 8.14. The lowest BCUT2D eigenvalue weighted by Crippen LogP contribution is -2.37. The number of hydrogen-bond donors (Lipinski definition) is 2. The Balaban J connectivity index is 0.00000242. The molecule has 22 heavy (non-hydrogen) atoms. The van der Waals surface area contributed by atoms with Crippen molar-refractivity contribution in [3.8, 4) is 10.8 Å². The van der Waals surface area contributed by atoms with E-state index in [9.17, 15) is 0 Å². The largest absolute Gasteiger partial charge is 0.443 e. The maximum Gasteiger partial charge on any atom is 0.236 e. The number of aromatic nitrogens is 1. The highest BCUT2D eigenvalue weighted by Crippen LogP contribution is 2.23. The zero-order valence-corrected chi connectivity index (χ0v) is 16.1. The van der Waals surface area contributed by atoms with E-state index in [0.29, 0.717) is 12.4 Å². The molecule has 0 unspecified atom stereocenters. The summed E-state index contributed by atoms with van der Waals surface area (Å²) in [6.07, 6.45) is 5.30. The molecule has 0 aromatic carbocycles. The second kappa shape index (κ2) is 10.6. The summed E-state index contributed by atoms with van der Waals surface area (Å²) in [6.45, 7) is 3.73. The fourth-order valence-electron chi connectivity index (χ4n) is 1.88. The number of guanidine groups is 1. The summed E-state index contributed by atoms with van der Waals surface area (Å²) in [6, 6.07) is 3.99. The molecule has 0 atom stereocenters. The van der Waals surface area contributed by atoms with Crippen LogP contribution in [0.25, 0.3) is 10.8 Å². The maximum absolute atomic E-state index is 5.49. The number of thiophene rings is 1. The van der Waals surface area contributed by atoms with Crippen LogP contribution in [0.4, 0.5) is 0 Å². The monoisotopic (exact) mass is 434 g/mol. The first-order valence-electron chi connectivity index (χ1n) is 7.26. The highest BCUT2D eigenvalue weighted by molar-refractivity contribution is 14.0. The maximum atomic E-state index is 5.49. The molecule has 0 saturated heterocycles. The lowest BCUT2D eigenvalue weighted by Gasteiger charge is -2.10. The number of halogens is 1. The van der Waals surface area contributed by atoms with Crippen molar-refractivity contribution in [1.29, 1.82) is 0 Å². The molecule has 0 saturated carbocycles. The summed E-state index contributed by atoms with van der Waals surface area (Å²) in [4.78, 5) is 9.71. The van der Waals surface area contributed by atoms with Crippen LogP contribution in [0.2, 0.25) is 0 Å². The third-order valence-corrected chi connectivity index (χ3v) is 3.87. The molecule has 0 spiro atoms. The van der Waals surface area contributed by atoms with E-state index in [1.165, 1.54) is 12.8 Å².